The van der Waals surface area contributed by atoms with Gasteiger partial charge in [-0.1, -0.05) is 6.58 Å². The first-order valence-corrected chi connectivity index (χ1v) is 5.79. The average Bonchev–Trinajstić information content (AvgIpc) is 2.27. The van der Waals surface area contributed by atoms with E-state index in [4.69, 9.17) is 14.2 Å². The van der Waals surface area contributed by atoms with Crippen LogP contribution in [0.2, 0.25) is 0 Å². The van der Waals surface area contributed by atoms with E-state index in [-0.39, 0.29) is 0 Å². The first-order chi connectivity index (χ1) is 7.56. The number of methoxy groups -OCH3 is 3. The largest absolute Gasteiger partial charge is 0.492 e. The second-order valence-corrected chi connectivity index (χ2v) is 4.45. The van der Waals surface area contributed by atoms with Crippen molar-refractivity contribution in [1.29, 1.82) is 0 Å². The highest BCUT2D eigenvalue weighted by Gasteiger charge is 2.19. The second kappa shape index (κ2) is 5.43. The zero-order valence-electron chi connectivity index (χ0n) is 9.89. The van der Waals surface area contributed by atoms with E-state index in [1.54, 1.807) is 21.3 Å². The number of hydrogen-bond acceptors (Lipinski definition) is 3. The van der Waals surface area contributed by atoms with Crippen LogP contribution in [-0.4, -0.2) is 21.3 Å². The van der Waals surface area contributed by atoms with Crippen LogP contribution in [0.25, 0.3) is 5.57 Å². The van der Waals surface area contributed by atoms with Gasteiger partial charge >= 0.3 is 0 Å². The first-order valence-electron chi connectivity index (χ1n) is 4.71. The Morgan fingerprint density at radius 3 is 1.94 bits per heavy atom. The highest BCUT2D eigenvalue weighted by atomic mass is 127. The van der Waals surface area contributed by atoms with Crippen molar-refractivity contribution >= 4 is 28.2 Å². The van der Waals surface area contributed by atoms with Crippen LogP contribution in [0.1, 0.15) is 12.5 Å². The van der Waals surface area contributed by atoms with E-state index in [1.807, 2.05) is 13.0 Å². The molecule has 1 aromatic rings. The summed E-state index contributed by atoms with van der Waals surface area (Å²) in [5.74, 6) is 1.95. The molecular weight excluding hydrogens is 319 g/mol. The molecule has 88 valence electrons. The van der Waals surface area contributed by atoms with Crippen LogP contribution in [0.5, 0.6) is 17.2 Å². The van der Waals surface area contributed by atoms with E-state index in [0.717, 1.165) is 14.7 Å². The van der Waals surface area contributed by atoms with E-state index in [2.05, 4.69) is 29.2 Å². The third-order valence-corrected chi connectivity index (χ3v) is 3.02. The second-order valence-electron chi connectivity index (χ2n) is 3.29. The van der Waals surface area contributed by atoms with E-state index < -0.39 is 0 Å². The van der Waals surface area contributed by atoms with Gasteiger partial charge in [-0.15, -0.1) is 0 Å². The predicted octanol–water partition coefficient (Wildman–Crippen LogP) is 3.35. The van der Waals surface area contributed by atoms with Crippen LogP contribution in [0.3, 0.4) is 0 Å². The highest BCUT2D eigenvalue weighted by molar-refractivity contribution is 14.1. The van der Waals surface area contributed by atoms with Crippen molar-refractivity contribution in [3.05, 3.63) is 21.8 Å². The van der Waals surface area contributed by atoms with E-state index >= 15 is 0 Å². The molecule has 0 aromatic heterocycles. The topological polar surface area (TPSA) is 27.7 Å². The molecule has 0 fully saturated rings. The van der Waals surface area contributed by atoms with Gasteiger partial charge in [-0.25, -0.2) is 0 Å². The number of allylic oxidation sites excluding steroid dienone is 1. The Morgan fingerprint density at radius 1 is 1.06 bits per heavy atom. The lowest BCUT2D eigenvalue weighted by Crippen LogP contribution is -2.00. The first kappa shape index (κ1) is 13.2. The molecule has 4 heteroatoms. The Bertz CT molecular complexity index is 413. The summed E-state index contributed by atoms with van der Waals surface area (Å²) in [4.78, 5) is 0. The lowest BCUT2D eigenvalue weighted by Gasteiger charge is -2.17. The van der Waals surface area contributed by atoms with Gasteiger partial charge in [0.05, 0.1) is 24.9 Å². The van der Waals surface area contributed by atoms with Gasteiger partial charge in [-0.2, -0.15) is 0 Å². The molecule has 0 radical (unpaired) electrons. The summed E-state index contributed by atoms with van der Waals surface area (Å²) in [6.07, 6.45) is 0. The fourth-order valence-corrected chi connectivity index (χ4v) is 2.26. The molecule has 0 atom stereocenters. The summed E-state index contributed by atoms with van der Waals surface area (Å²) in [7, 11) is 4.81. The fraction of sp³-hybridized carbons (Fsp3) is 0.333. The zero-order valence-corrected chi connectivity index (χ0v) is 12.0. The minimum atomic E-state index is 0.606. The number of halogens is 1. The Kier molecular flexibility index (Phi) is 4.46. The van der Waals surface area contributed by atoms with Crippen molar-refractivity contribution in [3.63, 3.8) is 0 Å². The molecule has 0 bridgehead atoms. The highest BCUT2D eigenvalue weighted by Crippen LogP contribution is 2.44. The summed E-state index contributed by atoms with van der Waals surface area (Å²) in [5, 5.41) is 0. The predicted molar refractivity (Wildman–Crippen MR) is 73.5 cm³/mol. The molecule has 0 aliphatic rings. The molecule has 0 amide bonds. The van der Waals surface area contributed by atoms with Crippen molar-refractivity contribution < 1.29 is 14.2 Å². The maximum atomic E-state index is 5.36. The molecule has 0 spiro atoms. The van der Waals surface area contributed by atoms with E-state index in [9.17, 15) is 0 Å². The van der Waals surface area contributed by atoms with Crippen molar-refractivity contribution in [2.75, 3.05) is 21.3 Å². The summed E-state index contributed by atoms with van der Waals surface area (Å²) in [6.45, 7) is 5.86. The molecule has 0 saturated carbocycles. The van der Waals surface area contributed by atoms with Crippen molar-refractivity contribution in [1.82, 2.24) is 0 Å². The molecule has 0 aliphatic carbocycles. The molecule has 16 heavy (non-hydrogen) atoms. The standard InChI is InChI=1S/C12H15IO3/c1-7(2)8-6-9(13)11(15-4)12(16-5)10(8)14-3/h6H,1H2,2-5H3. The monoisotopic (exact) mass is 334 g/mol. The molecule has 0 aliphatic heterocycles. The smallest absolute Gasteiger partial charge is 0.205 e. The summed E-state index contributed by atoms with van der Waals surface area (Å²) in [5.41, 5.74) is 1.86. The van der Waals surface area contributed by atoms with E-state index in [0.29, 0.717) is 17.2 Å². The third-order valence-electron chi connectivity index (χ3n) is 2.22. The number of benzene rings is 1. The van der Waals surface area contributed by atoms with Gasteiger partial charge in [0, 0.05) is 5.56 Å². The lowest BCUT2D eigenvalue weighted by molar-refractivity contribution is 0.322. The van der Waals surface area contributed by atoms with Crippen LogP contribution in [0, 0.1) is 3.57 Å². The van der Waals surface area contributed by atoms with Crippen LogP contribution in [0.4, 0.5) is 0 Å². The van der Waals surface area contributed by atoms with Crippen molar-refractivity contribution in [2.24, 2.45) is 0 Å². The third kappa shape index (κ3) is 2.26. The number of ether oxygens (including phenoxy) is 3. The Balaban J connectivity index is 3.56. The quantitative estimate of drug-likeness (QED) is 0.791. The van der Waals surface area contributed by atoms with Crippen LogP contribution in [-0.2, 0) is 0 Å². The maximum Gasteiger partial charge on any atom is 0.205 e. The van der Waals surface area contributed by atoms with Crippen molar-refractivity contribution in [2.45, 2.75) is 6.92 Å². The molecule has 0 N–H and O–H groups in total. The van der Waals surface area contributed by atoms with Crippen LogP contribution >= 0.6 is 22.6 Å². The summed E-state index contributed by atoms with van der Waals surface area (Å²) in [6, 6.07) is 1.98. The van der Waals surface area contributed by atoms with Gasteiger partial charge in [0.1, 0.15) is 0 Å². The Labute approximate surface area is 110 Å². The number of hydrogen-bond donors (Lipinski definition) is 0. The van der Waals surface area contributed by atoms with Gasteiger partial charge < -0.3 is 14.2 Å². The Hall–Kier alpha value is -0.910. The average molecular weight is 334 g/mol. The van der Waals surface area contributed by atoms with Gasteiger partial charge in [-0.05, 0) is 41.2 Å². The Morgan fingerprint density at radius 2 is 1.56 bits per heavy atom. The molecule has 0 heterocycles. The summed E-state index contributed by atoms with van der Waals surface area (Å²) >= 11 is 2.20. The van der Waals surface area contributed by atoms with Gasteiger partial charge in [0.2, 0.25) is 5.75 Å². The van der Waals surface area contributed by atoms with Crippen LogP contribution in [0.15, 0.2) is 12.6 Å². The van der Waals surface area contributed by atoms with Gasteiger partial charge in [0.25, 0.3) is 0 Å². The minimum Gasteiger partial charge on any atom is -0.492 e. The van der Waals surface area contributed by atoms with Gasteiger partial charge in [-0.3, -0.25) is 0 Å². The van der Waals surface area contributed by atoms with Gasteiger partial charge in [0.15, 0.2) is 11.5 Å². The lowest BCUT2D eigenvalue weighted by atomic mass is 10.1. The SMILES string of the molecule is C=C(C)c1cc(I)c(OC)c(OC)c1OC. The normalized spacial score (nSPS) is 9.81. The molecule has 1 aromatic carbocycles. The molecule has 1 rings (SSSR count). The number of rotatable bonds is 4. The fourth-order valence-electron chi connectivity index (χ4n) is 1.49. The molecule has 3 nitrogen and oxygen atoms in total. The summed E-state index contributed by atoms with van der Waals surface area (Å²) < 4.78 is 17.0. The minimum absolute atomic E-state index is 0.606. The van der Waals surface area contributed by atoms with E-state index in [1.165, 1.54) is 0 Å². The molecule has 0 unspecified atom stereocenters. The van der Waals surface area contributed by atoms with Crippen molar-refractivity contribution in [3.8, 4) is 17.2 Å². The molecule has 0 saturated heterocycles. The molecular formula is C12H15IO3. The zero-order chi connectivity index (χ0) is 12.3. The van der Waals surface area contributed by atoms with Crippen LogP contribution < -0.4 is 14.2 Å². The maximum absolute atomic E-state index is 5.36.